The molecule has 9 nitrogen and oxygen atoms in total. The first kappa shape index (κ1) is 11.2. The summed E-state index contributed by atoms with van der Waals surface area (Å²) in [6, 6.07) is 0. The molecule has 9 heteroatoms. The maximum atomic E-state index is 10.8. The van der Waals surface area contributed by atoms with Gasteiger partial charge in [-0.15, -0.1) is 0 Å². The van der Waals surface area contributed by atoms with Crippen molar-refractivity contribution in [2.75, 3.05) is 0 Å². The smallest absolute Gasteiger partial charge is 0.270 e. The van der Waals surface area contributed by atoms with Gasteiger partial charge in [-0.1, -0.05) is 5.11 Å². The highest BCUT2D eigenvalue weighted by molar-refractivity contribution is 5.90. The molecular weight excluding hydrogens is 180 g/mol. The van der Waals surface area contributed by atoms with Crippen LogP contribution in [0.1, 0.15) is 6.42 Å². The molecule has 0 aromatic heterocycles. The van der Waals surface area contributed by atoms with Gasteiger partial charge in [0, 0.05) is 4.91 Å². The van der Waals surface area contributed by atoms with Gasteiger partial charge in [0.25, 0.3) is 5.91 Å². The van der Waals surface area contributed by atoms with E-state index in [1.807, 2.05) is 0 Å². The Hall–Kier alpha value is -1.83. The number of hydroxylamine groups is 1. The van der Waals surface area contributed by atoms with Crippen LogP contribution in [0.3, 0.4) is 0 Å². The molecule has 0 saturated heterocycles. The lowest BCUT2D eigenvalue weighted by Crippen LogP contribution is -2.53. The number of nitrogens with zero attached hydrogens (tertiary/aromatic N) is 3. The number of amides is 2. The largest absolute Gasteiger partial charge is 0.370 e. The van der Waals surface area contributed by atoms with E-state index < -0.39 is 23.9 Å². The van der Waals surface area contributed by atoms with E-state index in [0.29, 0.717) is 0 Å². The molecular formula is C4H8N6O3. The Bertz CT molecular complexity index is 271. The number of rotatable bonds is 4. The van der Waals surface area contributed by atoms with Crippen molar-refractivity contribution in [3.05, 3.63) is 10.4 Å². The Labute approximate surface area is 72.3 Å². The van der Waals surface area contributed by atoms with Crippen LogP contribution in [0.5, 0.6) is 0 Å². The minimum Gasteiger partial charge on any atom is -0.370 e. The van der Waals surface area contributed by atoms with Crippen molar-refractivity contribution in [2.45, 2.75) is 12.1 Å². The molecule has 0 rings (SSSR count). The molecule has 0 radical (unpaired) electrons. The summed E-state index contributed by atoms with van der Waals surface area (Å²) in [5, 5.41) is 11.0. The number of hydrogen-bond donors (Lipinski definition) is 4. The zero-order chi connectivity index (χ0) is 10.5. The number of carbonyl (C=O) groups excluding carboxylic acids is 2. The standard InChI is InChI=1S/C4H8N6O3/c5-2(11)1-4(6,9-10-7)3(12)8-13/h13H,1,6H2,(H2,5,11)(H,8,12). The van der Waals surface area contributed by atoms with E-state index in [0.717, 1.165) is 5.48 Å². The number of carbonyl (C=O) groups is 2. The SMILES string of the molecule is [N-]=[N+]=NC(N)(CC(N)=O)C(=O)NO. The molecule has 0 fully saturated rings. The van der Waals surface area contributed by atoms with Crippen molar-refractivity contribution >= 4 is 11.8 Å². The molecule has 1 unspecified atom stereocenters. The van der Waals surface area contributed by atoms with Gasteiger partial charge in [0.05, 0.1) is 6.42 Å². The molecule has 0 spiro atoms. The summed E-state index contributed by atoms with van der Waals surface area (Å²) in [4.78, 5) is 23.5. The predicted molar refractivity (Wildman–Crippen MR) is 39.8 cm³/mol. The van der Waals surface area contributed by atoms with Crippen LogP contribution in [-0.2, 0) is 9.59 Å². The van der Waals surface area contributed by atoms with E-state index in [2.05, 4.69) is 10.0 Å². The third-order valence-electron chi connectivity index (χ3n) is 1.16. The number of nitrogens with one attached hydrogen (secondary N) is 1. The first-order valence-corrected chi connectivity index (χ1v) is 3.04. The summed E-state index contributed by atoms with van der Waals surface area (Å²) >= 11 is 0. The van der Waals surface area contributed by atoms with Gasteiger partial charge >= 0.3 is 0 Å². The summed E-state index contributed by atoms with van der Waals surface area (Å²) in [5.74, 6) is -2.14. The molecule has 1 atom stereocenters. The number of primary amides is 1. The molecule has 0 aliphatic carbocycles. The maximum Gasteiger partial charge on any atom is 0.270 e. The third kappa shape index (κ3) is 2.95. The Kier molecular flexibility index (Phi) is 3.66. The summed E-state index contributed by atoms with van der Waals surface area (Å²) < 4.78 is 0. The molecule has 0 aromatic carbocycles. The van der Waals surface area contributed by atoms with Crippen LogP contribution in [0.15, 0.2) is 5.11 Å². The number of hydrogen-bond acceptors (Lipinski definition) is 5. The number of nitrogens with two attached hydrogens (primary N) is 2. The molecule has 0 aromatic rings. The van der Waals surface area contributed by atoms with Crippen molar-refractivity contribution in [1.29, 1.82) is 0 Å². The third-order valence-corrected chi connectivity index (χ3v) is 1.16. The molecule has 0 saturated carbocycles. The van der Waals surface area contributed by atoms with Crippen molar-refractivity contribution in [1.82, 2.24) is 5.48 Å². The van der Waals surface area contributed by atoms with Crippen LogP contribution in [-0.4, -0.2) is 22.7 Å². The Balaban J connectivity index is 4.82. The highest BCUT2D eigenvalue weighted by Crippen LogP contribution is 2.08. The van der Waals surface area contributed by atoms with Crippen LogP contribution in [0.25, 0.3) is 10.4 Å². The number of azide groups is 1. The molecule has 13 heavy (non-hydrogen) atoms. The Morgan fingerprint density at radius 1 is 1.69 bits per heavy atom. The Morgan fingerprint density at radius 2 is 2.23 bits per heavy atom. The van der Waals surface area contributed by atoms with Gasteiger partial charge in [-0.05, 0) is 5.53 Å². The van der Waals surface area contributed by atoms with E-state index in [9.17, 15) is 9.59 Å². The second-order valence-corrected chi connectivity index (χ2v) is 2.20. The van der Waals surface area contributed by atoms with Gasteiger partial charge in [-0.3, -0.25) is 14.8 Å². The summed E-state index contributed by atoms with van der Waals surface area (Å²) in [6.45, 7) is 0. The summed E-state index contributed by atoms with van der Waals surface area (Å²) in [6.07, 6.45) is -0.691. The molecule has 0 aliphatic heterocycles. The fourth-order valence-electron chi connectivity index (χ4n) is 0.603. The van der Waals surface area contributed by atoms with Crippen molar-refractivity contribution in [3.8, 4) is 0 Å². The zero-order valence-electron chi connectivity index (χ0n) is 6.47. The Morgan fingerprint density at radius 3 is 2.54 bits per heavy atom. The van der Waals surface area contributed by atoms with E-state index in [-0.39, 0.29) is 0 Å². The van der Waals surface area contributed by atoms with E-state index in [1.54, 1.807) is 0 Å². The van der Waals surface area contributed by atoms with Crippen LogP contribution in [0.4, 0.5) is 0 Å². The lowest BCUT2D eigenvalue weighted by molar-refractivity contribution is -0.137. The van der Waals surface area contributed by atoms with Crippen LogP contribution in [0, 0.1) is 0 Å². The fraction of sp³-hybridized carbons (Fsp3) is 0.500. The monoisotopic (exact) mass is 188 g/mol. The quantitative estimate of drug-likeness (QED) is 0.136. The summed E-state index contributed by atoms with van der Waals surface area (Å²) in [7, 11) is 0. The second kappa shape index (κ2) is 4.26. The topological polar surface area (TPSA) is 167 Å². The average Bonchev–Trinajstić information content (AvgIpc) is 2.02. The normalized spacial score (nSPS) is 13.7. The molecule has 0 heterocycles. The van der Waals surface area contributed by atoms with Gasteiger partial charge < -0.3 is 11.5 Å². The van der Waals surface area contributed by atoms with Gasteiger partial charge in [0.2, 0.25) is 5.91 Å². The van der Waals surface area contributed by atoms with Crippen molar-refractivity contribution < 1.29 is 14.8 Å². The van der Waals surface area contributed by atoms with Gasteiger partial charge in [0.15, 0.2) is 5.66 Å². The maximum absolute atomic E-state index is 10.8. The van der Waals surface area contributed by atoms with Gasteiger partial charge in [-0.2, -0.15) is 0 Å². The fourth-order valence-corrected chi connectivity index (χ4v) is 0.603. The van der Waals surface area contributed by atoms with E-state index >= 15 is 0 Å². The molecule has 0 aliphatic rings. The highest BCUT2D eigenvalue weighted by Gasteiger charge is 2.34. The second-order valence-electron chi connectivity index (χ2n) is 2.20. The predicted octanol–water partition coefficient (Wildman–Crippen LogP) is -1.67. The first-order valence-electron chi connectivity index (χ1n) is 3.04. The summed E-state index contributed by atoms with van der Waals surface area (Å²) in [5.41, 5.74) is 16.9. The minimum absolute atomic E-state index is 0.691. The van der Waals surface area contributed by atoms with Crippen molar-refractivity contribution in [3.63, 3.8) is 0 Å². The van der Waals surface area contributed by atoms with Gasteiger partial charge in [0.1, 0.15) is 0 Å². The zero-order valence-corrected chi connectivity index (χ0v) is 6.47. The van der Waals surface area contributed by atoms with E-state index in [4.69, 9.17) is 22.2 Å². The lowest BCUT2D eigenvalue weighted by Gasteiger charge is -2.18. The molecule has 2 amide bonds. The minimum atomic E-state index is -2.19. The van der Waals surface area contributed by atoms with Crippen LogP contribution >= 0.6 is 0 Å². The van der Waals surface area contributed by atoms with E-state index in [1.165, 1.54) is 0 Å². The highest BCUT2D eigenvalue weighted by atomic mass is 16.5. The van der Waals surface area contributed by atoms with Gasteiger partial charge in [-0.25, -0.2) is 5.48 Å². The first-order chi connectivity index (χ1) is 5.96. The van der Waals surface area contributed by atoms with Crippen LogP contribution in [0.2, 0.25) is 0 Å². The molecule has 0 bridgehead atoms. The van der Waals surface area contributed by atoms with Crippen LogP contribution < -0.4 is 16.9 Å². The van der Waals surface area contributed by atoms with Crippen molar-refractivity contribution in [2.24, 2.45) is 16.6 Å². The molecule has 6 N–H and O–H groups in total. The average molecular weight is 188 g/mol. The molecule has 72 valence electrons. The lowest BCUT2D eigenvalue weighted by atomic mass is 10.1.